The van der Waals surface area contributed by atoms with Crippen LogP contribution in [0.25, 0.3) is 0 Å². The summed E-state index contributed by atoms with van der Waals surface area (Å²) in [4.78, 5) is 12.4. The van der Waals surface area contributed by atoms with Crippen LogP contribution in [0.1, 0.15) is 27.0 Å². The van der Waals surface area contributed by atoms with Crippen molar-refractivity contribution in [3.63, 3.8) is 0 Å². The maximum absolute atomic E-state index is 12.5. The Kier molecular flexibility index (Phi) is 8.00. The molecule has 0 saturated heterocycles. The second kappa shape index (κ2) is 10.7. The summed E-state index contributed by atoms with van der Waals surface area (Å²) in [6.07, 6.45) is 1.19. The molecule has 33 heavy (non-hydrogen) atoms. The quantitative estimate of drug-likeness (QED) is 0.443. The molecule has 3 rings (SSSR count). The first kappa shape index (κ1) is 24.6. The monoisotopic (exact) mass is 486 g/mol. The highest BCUT2D eigenvalue weighted by Gasteiger charge is 2.20. The Bertz CT molecular complexity index is 1230. The number of rotatable bonds is 9. The average molecular weight is 487 g/mol. The minimum absolute atomic E-state index is 0.177. The molecule has 0 bridgehead atoms. The molecule has 0 heterocycles. The van der Waals surface area contributed by atoms with Crippen LogP contribution in [0.4, 0.5) is 5.69 Å². The van der Waals surface area contributed by atoms with Crippen molar-refractivity contribution in [3.05, 3.63) is 94.0 Å². The zero-order valence-electron chi connectivity index (χ0n) is 18.8. The molecular formula is C25H27ClN2O4S. The Hall–Kier alpha value is -3.03. The summed E-state index contributed by atoms with van der Waals surface area (Å²) in [7, 11) is -3.49. The smallest absolute Gasteiger partial charge is 0.251 e. The summed E-state index contributed by atoms with van der Waals surface area (Å²) in [6, 6.07) is 19.7. The van der Waals surface area contributed by atoms with E-state index >= 15 is 0 Å². The van der Waals surface area contributed by atoms with Crippen LogP contribution in [0.15, 0.2) is 66.7 Å². The van der Waals surface area contributed by atoms with E-state index in [9.17, 15) is 13.2 Å². The largest absolute Gasteiger partial charge is 0.490 e. The third kappa shape index (κ3) is 6.73. The van der Waals surface area contributed by atoms with Crippen LogP contribution in [-0.2, 0) is 16.6 Å². The molecule has 8 heteroatoms. The van der Waals surface area contributed by atoms with Crippen LogP contribution in [0.2, 0.25) is 5.02 Å². The molecule has 1 N–H and O–H groups in total. The van der Waals surface area contributed by atoms with E-state index in [0.717, 1.165) is 16.7 Å². The van der Waals surface area contributed by atoms with E-state index in [1.54, 1.807) is 36.4 Å². The zero-order chi connectivity index (χ0) is 24.0. The third-order valence-electron chi connectivity index (χ3n) is 5.05. The van der Waals surface area contributed by atoms with Crippen molar-refractivity contribution in [3.8, 4) is 5.75 Å². The summed E-state index contributed by atoms with van der Waals surface area (Å²) in [5.74, 6) is 0.329. The lowest BCUT2D eigenvalue weighted by molar-refractivity contribution is 0.0947. The first-order valence-corrected chi connectivity index (χ1v) is 12.7. The van der Waals surface area contributed by atoms with Gasteiger partial charge in [-0.1, -0.05) is 53.6 Å². The number of anilines is 1. The fraction of sp³-hybridized carbons (Fsp3) is 0.240. The van der Waals surface area contributed by atoms with E-state index in [1.807, 2.05) is 44.2 Å². The fourth-order valence-corrected chi connectivity index (χ4v) is 4.52. The van der Waals surface area contributed by atoms with E-state index in [4.69, 9.17) is 16.3 Å². The van der Waals surface area contributed by atoms with Crippen molar-refractivity contribution in [2.75, 3.05) is 23.7 Å². The van der Waals surface area contributed by atoms with Crippen molar-refractivity contribution in [1.29, 1.82) is 0 Å². The van der Waals surface area contributed by atoms with Crippen molar-refractivity contribution < 1.29 is 17.9 Å². The van der Waals surface area contributed by atoms with Gasteiger partial charge >= 0.3 is 0 Å². The van der Waals surface area contributed by atoms with Gasteiger partial charge in [0.15, 0.2) is 0 Å². The average Bonchev–Trinajstić information content (AvgIpc) is 2.76. The molecule has 0 spiro atoms. The van der Waals surface area contributed by atoms with Gasteiger partial charge in [0.2, 0.25) is 10.0 Å². The number of benzene rings is 3. The normalized spacial score (nSPS) is 11.2. The van der Waals surface area contributed by atoms with Crippen LogP contribution < -0.4 is 14.4 Å². The Morgan fingerprint density at radius 2 is 1.73 bits per heavy atom. The molecule has 0 radical (unpaired) electrons. The lowest BCUT2D eigenvalue weighted by Crippen LogP contribution is -2.30. The van der Waals surface area contributed by atoms with Crippen LogP contribution in [0.5, 0.6) is 5.75 Å². The Labute approximate surface area is 200 Å². The van der Waals surface area contributed by atoms with Gasteiger partial charge < -0.3 is 10.1 Å². The van der Waals surface area contributed by atoms with Gasteiger partial charge in [-0.2, -0.15) is 0 Å². The number of amides is 1. The molecule has 174 valence electrons. The van der Waals surface area contributed by atoms with Gasteiger partial charge in [-0.25, -0.2) is 8.42 Å². The minimum atomic E-state index is -3.49. The summed E-state index contributed by atoms with van der Waals surface area (Å²) in [5, 5.41) is 3.32. The number of nitrogens with one attached hydrogen (secondary N) is 1. The van der Waals surface area contributed by atoms with E-state index < -0.39 is 10.0 Å². The SMILES string of the molecule is Cc1ccc(N(Cc2ccc(C(=O)NCCOc3ccccc3Cl)cc2)S(C)(=O)=O)c(C)c1. The van der Waals surface area contributed by atoms with Gasteiger partial charge in [0.25, 0.3) is 5.91 Å². The second-order valence-corrected chi connectivity index (χ2v) is 10.1. The molecule has 0 aliphatic heterocycles. The highest BCUT2D eigenvalue weighted by Crippen LogP contribution is 2.26. The number of carbonyl (C=O) groups excluding carboxylic acids is 1. The van der Waals surface area contributed by atoms with Crippen LogP contribution >= 0.6 is 11.6 Å². The Balaban J connectivity index is 1.61. The molecule has 0 fully saturated rings. The summed E-state index contributed by atoms with van der Waals surface area (Å²) >= 11 is 6.04. The van der Waals surface area contributed by atoms with Gasteiger partial charge in [0.05, 0.1) is 30.1 Å². The van der Waals surface area contributed by atoms with Crippen molar-refractivity contribution in [2.45, 2.75) is 20.4 Å². The van der Waals surface area contributed by atoms with E-state index in [-0.39, 0.29) is 19.1 Å². The molecule has 0 saturated carbocycles. The van der Waals surface area contributed by atoms with Gasteiger partial charge in [-0.3, -0.25) is 9.10 Å². The zero-order valence-corrected chi connectivity index (χ0v) is 20.4. The van der Waals surface area contributed by atoms with E-state index in [1.165, 1.54) is 10.6 Å². The standard InChI is InChI=1S/C25H27ClN2O4S/c1-18-8-13-23(19(2)16-18)28(33(3,30)31)17-20-9-11-21(12-10-20)25(29)27-14-15-32-24-7-5-4-6-22(24)26/h4-13,16H,14-15,17H2,1-3H3,(H,27,29). The summed E-state index contributed by atoms with van der Waals surface area (Å²) in [6.45, 7) is 4.64. The first-order chi connectivity index (χ1) is 15.6. The molecule has 1 amide bonds. The summed E-state index contributed by atoms with van der Waals surface area (Å²) < 4.78 is 31.9. The number of aryl methyl sites for hydroxylation is 2. The molecule has 0 aromatic heterocycles. The maximum Gasteiger partial charge on any atom is 0.251 e. The predicted octanol–water partition coefficient (Wildman–Crippen LogP) is 4.73. The number of ether oxygens (including phenoxy) is 1. The Morgan fingerprint density at radius 1 is 1.03 bits per heavy atom. The summed E-state index contributed by atoms with van der Waals surface area (Å²) in [5.41, 5.74) is 3.85. The van der Waals surface area contributed by atoms with Crippen LogP contribution in [0, 0.1) is 13.8 Å². The number of carbonyl (C=O) groups is 1. The molecular weight excluding hydrogens is 460 g/mol. The molecule has 6 nitrogen and oxygen atoms in total. The number of hydrogen-bond donors (Lipinski definition) is 1. The topological polar surface area (TPSA) is 75.7 Å². The second-order valence-electron chi connectivity index (χ2n) is 7.79. The minimum Gasteiger partial charge on any atom is -0.490 e. The Morgan fingerprint density at radius 3 is 2.36 bits per heavy atom. The number of hydrogen-bond acceptors (Lipinski definition) is 4. The number of sulfonamides is 1. The van der Waals surface area contributed by atoms with Gasteiger partial charge in [0.1, 0.15) is 12.4 Å². The number of para-hydroxylation sites is 1. The molecule has 0 unspecified atom stereocenters. The maximum atomic E-state index is 12.5. The van der Waals surface area contributed by atoms with Gasteiger partial charge in [-0.05, 0) is 55.3 Å². The van der Waals surface area contributed by atoms with E-state index in [0.29, 0.717) is 28.6 Å². The highest BCUT2D eigenvalue weighted by molar-refractivity contribution is 7.92. The molecule has 0 aliphatic carbocycles. The van der Waals surface area contributed by atoms with Crippen molar-refractivity contribution in [2.24, 2.45) is 0 Å². The highest BCUT2D eigenvalue weighted by atomic mass is 35.5. The van der Waals surface area contributed by atoms with Crippen LogP contribution in [0.3, 0.4) is 0 Å². The molecule has 0 atom stereocenters. The number of nitrogens with zero attached hydrogens (tertiary/aromatic N) is 1. The van der Waals surface area contributed by atoms with Gasteiger partial charge in [0, 0.05) is 5.56 Å². The lowest BCUT2D eigenvalue weighted by atomic mass is 10.1. The predicted molar refractivity (Wildman–Crippen MR) is 133 cm³/mol. The molecule has 3 aromatic rings. The lowest BCUT2D eigenvalue weighted by Gasteiger charge is -2.24. The molecule has 3 aromatic carbocycles. The fourth-order valence-electron chi connectivity index (χ4n) is 3.38. The number of halogens is 1. The van der Waals surface area contributed by atoms with Crippen molar-refractivity contribution in [1.82, 2.24) is 5.32 Å². The van der Waals surface area contributed by atoms with Crippen LogP contribution in [-0.4, -0.2) is 33.7 Å². The first-order valence-electron chi connectivity index (χ1n) is 10.4. The third-order valence-corrected chi connectivity index (χ3v) is 6.48. The van der Waals surface area contributed by atoms with E-state index in [2.05, 4.69) is 5.32 Å². The van der Waals surface area contributed by atoms with Crippen molar-refractivity contribution >= 4 is 33.2 Å². The molecule has 0 aliphatic rings. The van der Waals surface area contributed by atoms with Gasteiger partial charge in [-0.15, -0.1) is 0 Å².